The van der Waals surface area contributed by atoms with E-state index in [-0.39, 0.29) is 23.8 Å². The molecular formula is C24H31N3O4. The highest BCUT2D eigenvalue weighted by molar-refractivity contribution is 6.00. The lowest BCUT2D eigenvalue weighted by Gasteiger charge is -2.29. The summed E-state index contributed by atoms with van der Waals surface area (Å²) in [6.45, 7) is 1.66. The fourth-order valence-corrected chi connectivity index (χ4v) is 5.29. The van der Waals surface area contributed by atoms with Gasteiger partial charge in [-0.25, -0.2) is 4.79 Å². The van der Waals surface area contributed by atoms with Crippen LogP contribution in [0.4, 0.5) is 0 Å². The van der Waals surface area contributed by atoms with Crippen LogP contribution in [-0.4, -0.2) is 26.7 Å². The minimum absolute atomic E-state index is 0.226. The number of imide groups is 1. The monoisotopic (exact) mass is 425 g/mol. The number of aromatic nitrogens is 2. The normalized spacial score (nSPS) is 24.4. The molecule has 0 spiro atoms. The van der Waals surface area contributed by atoms with Crippen LogP contribution in [0, 0.1) is 5.92 Å². The van der Waals surface area contributed by atoms with E-state index in [9.17, 15) is 19.2 Å². The predicted molar refractivity (Wildman–Crippen MR) is 118 cm³/mol. The molecule has 0 bridgehead atoms. The molecule has 2 aromatic rings. The molecule has 1 atom stereocenters. The fraction of sp³-hybridized carbons (Fsp3) is 0.583. The maximum atomic E-state index is 12.9. The molecule has 4 rings (SSSR count). The Morgan fingerprint density at radius 2 is 1.81 bits per heavy atom. The second-order valence-corrected chi connectivity index (χ2v) is 9.24. The van der Waals surface area contributed by atoms with Gasteiger partial charge in [-0.05, 0) is 75.0 Å². The maximum absolute atomic E-state index is 12.9. The summed E-state index contributed by atoms with van der Waals surface area (Å²) in [6, 6.07) is 5.49. The SMILES string of the molecule is CC(=O)CCC[C@H]1CC[C@H](c2ccc3c(c2)n(C)c(=O)n3C2CCC(=O)NC2=O)CC1. The second-order valence-electron chi connectivity index (χ2n) is 9.24. The number of piperidine rings is 1. The molecule has 31 heavy (non-hydrogen) atoms. The molecular weight excluding hydrogens is 394 g/mol. The summed E-state index contributed by atoms with van der Waals surface area (Å²) >= 11 is 0. The first-order valence-electron chi connectivity index (χ1n) is 11.4. The number of Topliss-reactive ketones (excluding diaryl/α,β-unsaturated/α-hetero) is 1. The van der Waals surface area contributed by atoms with E-state index in [4.69, 9.17) is 0 Å². The van der Waals surface area contributed by atoms with Crippen molar-refractivity contribution in [2.75, 3.05) is 0 Å². The third kappa shape index (κ3) is 4.36. The standard InChI is InChI=1S/C24H31N3O4/c1-15(28)4-3-5-16-6-8-17(9-7-16)18-10-11-19-21(14-18)26(2)24(31)27(19)20-12-13-22(29)25-23(20)30/h10-11,14,16-17,20H,3-9,12-13H2,1-2H3,(H,25,29,30)/t16-,17-,20?. The van der Waals surface area contributed by atoms with Gasteiger partial charge in [0.05, 0.1) is 11.0 Å². The van der Waals surface area contributed by atoms with E-state index in [0.717, 1.165) is 36.7 Å². The van der Waals surface area contributed by atoms with Crippen molar-refractivity contribution < 1.29 is 14.4 Å². The summed E-state index contributed by atoms with van der Waals surface area (Å²) in [5.74, 6) is 0.767. The summed E-state index contributed by atoms with van der Waals surface area (Å²) in [5.41, 5.74) is 2.58. The Morgan fingerprint density at radius 1 is 1.06 bits per heavy atom. The number of carbonyl (C=O) groups excluding carboxylic acids is 3. The van der Waals surface area contributed by atoms with Crippen molar-refractivity contribution in [1.82, 2.24) is 14.5 Å². The van der Waals surface area contributed by atoms with Crippen LogP contribution in [0.5, 0.6) is 0 Å². The largest absolute Gasteiger partial charge is 0.329 e. The Bertz CT molecular complexity index is 1070. The number of hydrogen-bond donors (Lipinski definition) is 1. The van der Waals surface area contributed by atoms with Gasteiger partial charge in [-0.3, -0.25) is 24.0 Å². The molecule has 1 aliphatic heterocycles. The van der Waals surface area contributed by atoms with E-state index in [1.54, 1.807) is 18.5 Å². The molecule has 1 aromatic carbocycles. The summed E-state index contributed by atoms with van der Waals surface area (Å²) in [6.07, 6.45) is 8.01. The second kappa shape index (κ2) is 8.81. The molecule has 1 saturated heterocycles. The molecule has 1 unspecified atom stereocenters. The van der Waals surface area contributed by atoms with Crippen LogP contribution in [0.1, 0.15) is 82.2 Å². The topological polar surface area (TPSA) is 90.2 Å². The molecule has 0 radical (unpaired) electrons. The van der Waals surface area contributed by atoms with Crippen LogP contribution in [0.25, 0.3) is 11.0 Å². The van der Waals surface area contributed by atoms with Crippen LogP contribution in [0.2, 0.25) is 0 Å². The van der Waals surface area contributed by atoms with Crippen LogP contribution in [0.3, 0.4) is 0 Å². The third-order valence-corrected chi connectivity index (χ3v) is 7.09. The lowest BCUT2D eigenvalue weighted by molar-refractivity contribution is -0.135. The first kappa shape index (κ1) is 21.5. The van der Waals surface area contributed by atoms with Crippen molar-refractivity contribution in [3.8, 4) is 0 Å². The number of nitrogens with one attached hydrogen (secondary N) is 1. The van der Waals surface area contributed by atoms with Crippen LogP contribution >= 0.6 is 0 Å². The van der Waals surface area contributed by atoms with Gasteiger partial charge >= 0.3 is 5.69 Å². The van der Waals surface area contributed by atoms with Crippen molar-refractivity contribution in [3.05, 3.63) is 34.2 Å². The molecule has 2 heterocycles. The summed E-state index contributed by atoms with van der Waals surface area (Å²) in [5, 5.41) is 2.35. The van der Waals surface area contributed by atoms with Crippen molar-refractivity contribution in [1.29, 1.82) is 0 Å². The number of hydrogen-bond acceptors (Lipinski definition) is 4. The van der Waals surface area contributed by atoms with Crippen molar-refractivity contribution >= 4 is 28.6 Å². The van der Waals surface area contributed by atoms with E-state index in [1.807, 2.05) is 6.07 Å². The minimum Gasteiger partial charge on any atom is -0.300 e. The number of imidazole rings is 1. The van der Waals surface area contributed by atoms with E-state index < -0.39 is 11.9 Å². The molecule has 2 amide bonds. The van der Waals surface area contributed by atoms with Gasteiger partial charge in [0, 0.05) is 19.9 Å². The average molecular weight is 426 g/mol. The minimum atomic E-state index is -0.648. The van der Waals surface area contributed by atoms with Crippen molar-refractivity contribution in [2.24, 2.45) is 13.0 Å². The van der Waals surface area contributed by atoms with Crippen molar-refractivity contribution in [3.63, 3.8) is 0 Å². The number of fused-ring (bicyclic) bond motifs is 1. The Balaban J connectivity index is 1.51. The highest BCUT2D eigenvalue weighted by Crippen LogP contribution is 2.38. The molecule has 1 aromatic heterocycles. The molecule has 7 heteroatoms. The third-order valence-electron chi connectivity index (χ3n) is 7.09. The molecule has 1 N–H and O–H groups in total. The molecule has 1 aliphatic carbocycles. The van der Waals surface area contributed by atoms with Crippen LogP contribution < -0.4 is 11.0 Å². The highest BCUT2D eigenvalue weighted by Gasteiger charge is 2.31. The number of carbonyl (C=O) groups is 3. The summed E-state index contributed by atoms with van der Waals surface area (Å²) in [4.78, 5) is 47.9. The fourth-order valence-electron chi connectivity index (χ4n) is 5.29. The Morgan fingerprint density at radius 3 is 2.48 bits per heavy atom. The van der Waals surface area contributed by atoms with E-state index in [1.165, 1.54) is 23.0 Å². The van der Waals surface area contributed by atoms with Crippen LogP contribution in [0.15, 0.2) is 23.0 Å². The zero-order valence-electron chi connectivity index (χ0n) is 18.4. The van der Waals surface area contributed by atoms with Crippen LogP contribution in [-0.2, 0) is 21.4 Å². The van der Waals surface area contributed by atoms with E-state index >= 15 is 0 Å². The van der Waals surface area contributed by atoms with E-state index in [2.05, 4.69) is 17.4 Å². The van der Waals surface area contributed by atoms with Gasteiger partial charge in [0.1, 0.15) is 11.8 Å². The van der Waals surface area contributed by atoms with Gasteiger partial charge in [0.2, 0.25) is 11.8 Å². The zero-order chi connectivity index (χ0) is 22.1. The first-order chi connectivity index (χ1) is 14.8. The lowest BCUT2D eigenvalue weighted by atomic mass is 9.77. The average Bonchev–Trinajstić information content (AvgIpc) is 2.98. The van der Waals surface area contributed by atoms with Gasteiger partial charge in [-0.1, -0.05) is 12.5 Å². The van der Waals surface area contributed by atoms with Crippen molar-refractivity contribution in [2.45, 2.75) is 76.7 Å². The summed E-state index contributed by atoms with van der Waals surface area (Å²) in [7, 11) is 1.74. The highest BCUT2D eigenvalue weighted by atomic mass is 16.2. The Kier molecular flexibility index (Phi) is 6.12. The zero-order valence-corrected chi connectivity index (χ0v) is 18.4. The maximum Gasteiger partial charge on any atom is 0.329 e. The van der Waals surface area contributed by atoms with Gasteiger partial charge in [0.25, 0.3) is 0 Å². The predicted octanol–water partition coefficient (Wildman–Crippen LogP) is 3.35. The smallest absolute Gasteiger partial charge is 0.300 e. The lowest BCUT2D eigenvalue weighted by Crippen LogP contribution is -2.44. The molecule has 1 saturated carbocycles. The molecule has 2 fully saturated rings. The van der Waals surface area contributed by atoms with Gasteiger partial charge in [0.15, 0.2) is 0 Å². The number of aryl methyl sites for hydroxylation is 1. The molecule has 166 valence electrons. The van der Waals surface area contributed by atoms with Gasteiger partial charge < -0.3 is 4.79 Å². The first-order valence-corrected chi connectivity index (χ1v) is 11.4. The number of ketones is 1. The van der Waals surface area contributed by atoms with E-state index in [0.29, 0.717) is 24.7 Å². The number of amides is 2. The quantitative estimate of drug-likeness (QED) is 0.719. The number of rotatable bonds is 6. The molecule has 7 nitrogen and oxygen atoms in total. The summed E-state index contributed by atoms with van der Waals surface area (Å²) < 4.78 is 3.14. The Labute approximate surface area is 181 Å². The van der Waals surface area contributed by atoms with Gasteiger partial charge in [-0.2, -0.15) is 0 Å². The molecule has 2 aliphatic rings. The number of benzene rings is 1. The van der Waals surface area contributed by atoms with Gasteiger partial charge in [-0.15, -0.1) is 0 Å². The number of nitrogens with zero attached hydrogens (tertiary/aromatic N) is 2. The Hall–Kier alpha value is -2.70.